The van der Waals surface area contributed by atoms with Crippen molar-refractivity contribution in [2.75, 3.05) is 12.8 Å². The molecule has 1 aromatic rings. The largest absolute Gasteiger partial charge is 0.469 e. The summed E-state index contributed by atoms with van der Waals surface area (Å²) in [6, 6.07) is 0. The molecule has 12 heavy (non-hydrogen) atoms. The Labute approximate surface area is 72.2 Å². The Morgan fingerprint density at radius 2 is 2.50 bits per heavy atom. The molecule has 0 atom stereocenters. The van der Waals surface area contributed by atoms with Crippen LogP contribution >= 0.6 is 11.3 Å². The fourth-order valence-corrected chi connectivity index (χ4v) is 1.24. The van der Waals surface area contributed by atoms with Gasteiger partial charge in [0.15, 0.2) is 5.13 Å². The molecule has 0 aromatic carbocycles. The van der Waals surface area contributed by atoms with Gasteiger partial charge in [0.2, 0.25) is 5.13 Å². The topological polar surface area (TPSA) is 65.2 Å². The molecule has 6 heteroatoms. The molecule has 1 heterocycles. The molecule has 0 amide bonds. The molecule has 66 valence electrons. The lowest BCUT2D eigenvalue weighted by molar-refractivity contribution is -0.139. The Morgan fingerprint density at radius 3 is 2.92 bits per heavy atom. The second kappa shape index (κ2) is 3.48. The van der Waals surface area contributed by atoms with Crippen LogP contribution in [0, 0.1) is 5.13 Å². The minimum Gasteiger partial charge on any atom is -0.469 e. The first kappa shape index (κ1) is 8.92. The van der Waals surface area contributed by atoms with Crippen LogP contribution in [-0.2, 0) is 16.0 Å². The number of hydrogen-bond donors (Lipinski definition) is 1. The maximum absolute atomic E-state index is 12.8. The van der Waals surface area contributed by atoms with E-state index in [-0.39, 0.29) is 17.2 Å². The summed E-state index contributed by atoms with van der Waals surface area (Å²) in [5.74, 6) is -0.529. The van der Waals surface area contributed by atoms with E-state index in [2.05, 4.69) is 9.72 Å². The number of nitrogen functional groups attached to an aromatic ring is 1. The molecule has 0 aliphatic rings. The first-order chi connectivity index (χ1) is 5.63. The molecule has 0 bridgehead atoms. The van der Waals surface area contributed by atoms with Gasteiger partial charge in [-0.25, -0.2) is 4.98 Å². The number of nitrogens with zero attached hydrogens (tertiary/aromatic N) is 1. The van der Waals surface area contributed by atoms with Crippen LogP contribution in [0.5, 0.6) is 0 Å². The number of carbonyl (C=O) groups is 1. The standard InChI is InChI=1S/C6H7FN2O2S/c1-11-4(10)2-3-5(7)12-6(8)9-3/h2H2,1H3,(H2,8,9). The molecule has 1 aromatic heterocycles. The Kier molecular flexibility index (Phi) is 2.59. The van der Waals surface area contributed by atoms with Crippen LogP contribution in [0.25, 0.3) is 0 Å². The number of ether oxygens (including phenoxy) is 1. The van der Waals surface area contributed by atoms with Crippen LogP contribution in [0.15, 0.2) is 0 Å². The summed E-state index contributed by atoms with van der Waals surface area (Å²) in [5.41, 5.74) is 5.26. The van der Waals surface area contributed by atoms with Crippen molar-refractivity contribution in [3.63, 3.8) is 0 Å². The summed E-state index contributed by atoms with van der Waals surface area (Å²) in [6.07, 6.45) is -0.171. The van der Waals surface area contributed by atoms with Crippen molar-refractivity contribution < 1.29 is 13.9 Å². The van der Waals surface area contributed by atoms with Gasteiger partial charge in [-0.05, 0) is 0 Å². The molecule has 0 fully saturated rings. The molecule has 1 rings (SSSR count). The highest BCUT2D eigenvalue weighted by Crippen LogP contribution is 2.18. The van der Waals surface area contributed by atoms with Crippen molar-refractivity contribution in [1.82, 2.24) is 4.98 Å². The number of carbonyl (C=O) groups excluding carboxylic acids is 1. The molecular weight excluding hydrogens is 183 g/mol. The summed E-state index contributed by atoms with van der Waals surface area (Å²) >= 11 is 0.714. The Morgan fingerprint density at radius 1 is 1.83 bits per heavy atom. The monoisotopic (exact) mass is 190 g/mol. The zero-order valence-corrected chi connectivity index (χ0v) is 7.15. The Bertz CT molecular complexity index is 300. The first-order valence-electron chi connectivity index (χ1n) is 3.11. The van der Waals surface area contributed by atoms with Crippen molar-refractivity contribution in [3.8, 4) is 0 Å². The summed E-state index contributed by atoms with van der Waals surface area (Å²) in [4.78, 5) is 14.3. The lowest BCUT2D eigenvalue weighted by atomic mass is 10.3. The van der Waals surface area contributed by atoms with Gasteiger partial charge in [-0.2, -0.15) is 4.39 Å². The van der Waals surface area contributed by atoms with E-state index in [1.165, 1.54) is 7.11 Å². The lowest BCUT2D eigenvalue weighted by Crippen LogP contribution is -2.05. The van der Waals surface area contributed by atoms with Crippen molar-refractivity contribution >= 4 is 22.4 Å². The number of aromatic nitrogens is 1. The summed E-state index contributed by atoms with van der Waals surface area (Å²) in [6.45, 7) is 0. The van der Waals surface area contributed by atoms with Gasteiger partial charge in [-0.1, -0.05) is 11.3 Å². The predicted molar refractivity (Wildman–Crippen MR) is 42.2 cm³/mol. The number of rotatable bonds is 2. The number of anilines is 1. The van der Waals surface area contributed by atoms with Crippen LogP contribution in [-0.4, -0.2) is 18.1 Å². The van der Waals surface area contributed by atoms with Gasteiger partial charge in [-0.3, -0.25) is 4.79 Å². The van der Waals surface area contributed by atoms with Crippen LogP contribution < -0.4 is 5.73 Å². The summed E-state index contributed by atoms with van der Waals surface area (Å²) in [5, 5.41) is -0.413. The van der Waals surface area contributed by atoms with E-state index in [9.17, 15) is 9.18 Å². The fraction of sp³-hybridized carbons (Fsp3) is 0.333. The number of nitrogens with two attached hydrogens (primary N) is 1. The van der Waals surface area contributed by atoms with Gasteiger partial charge in [0.05, 0.1) is 13.5 Å². The van der Waals surface area contributed by atoms with E-state index in [4.69, 9.17) is 5.73 Å². The van der Waals surface area contributed by atoms with E-state index in [0.717, 1.165) is 0 Å². The van der Waals surface area contributed by atoms with Crippen molar-refractivity contribution in [3.05, 3.63) is 10.8 Å². The van der Waals surface area contributed by atoms with Crippen LogP contribution in [0.1, 0.15) is 5.69 Å². The molecule has 0 saturated carbocycles. The van der Waals surface area contributed by atoms with Gasteiger partial charge in [0, 0.05) is 0 Å². The molecule has 0 aliphatic carbocycles. The smallest absolute Gasteiger partial charge is 0.311 e. The average molecular weight is 190 g/mol. The van der Waals surface area contributed by atoms with E-state index in [1.807, 2.05) is 0 Å². The highest BCUT2D eigenvalue weighted by atomic mass is 32.1. The third kappa shape index (κ3) is 1.91. The molecule has 0 saturated heterocycles. The van der Waals surface area contributed by atoms with E-state index < -0.39 is 11.1 Å². The SMILES string of the molecule is COC(=O)Cc1nc(N)sc1F. The predicted octanol–water partition coefficient (Wildman–Crippen LogP) is 0.580. The van der Waals surface area contributed by atoms with Gasteiger partial charge in [0.25, 0.3) is 0 Å². The molecule has 0 unspecified atom stereocenters. The normalized spacial score (nSPS) is 9.83. The molecule has 4 nitrogen and oxygen atoms in total. The second-order valence-electron chi connectivity index (χ2n) is 2.03. The number of hydrogen-bond acceptors (Lipinski definition) is 5. The van der Waals surface area contributed by atoms with Crippen molar-refractivity contribution in [1.29, 1.82) is 0 Å². The summed E-state index contributed by atoms with van der Waals surface area (Å²) < 4.78 is 17.1. The van der Waals surface area contributed by atoms with E-state index in [0.29, 0.717) is 11.3 Å². The maximum atomic E-state index is 12.8. The number of thiazole rings is 1. The zero-order valence-electron chi connectivity index (χ0n) is 6.33. The Balaban J connectivity index is 2.75. The highest BCUT2D eigenvalue weighted by Gasteiger charge is 2.12. The third-order valence-corrected chi connectivity index (χ3v) is 1.92. The molecule has 0 spiro atoms. The highest BCUT2D eigenvalue weighted by molar-refractivity contribution is 7.13. The van der Waals surface area contributed by atoms with Gasteiger partial charge < -0.3 is 10.5 Å². The second-order valence-corrected chi connectivity index (χ2v) is 3.01. The quantitative estimate of drug-likeness (QED) is 0.693. The van der Waals surface area contributed by atoms with Gasteiger partial charge >= 0.3 is 5.97 Å². The summed E-state index contributed by atoms with van der Waals surface area (Å²) in [7, 11) is 1.23. The fourth-order valence-electron chi connectivity index (χ4n) is 0.668. The van der Waals surface area contributed by atoms with Crippen molar-refractivity contribution in [2.24, 2.45) is 0 Å². The number of halogens is 1. The number of methoxy groups -OCH3 is 1. The van der Waals surface area contributed by atoms with Crippen LogP contribution in [0.4, 0.5) is 9.52 Å². The minimum absolute atomic E-state index is 0.0457. The zero-order chi connectivity index (χ0) is 9.14. The van der Waals surface area contributed by atoms with Crippen LogP contribution in [0.3, 0.4) is 0 Å². The van der Waals surface area contributed by atoms with Crippen LogP contribution in [0.2, 0.25) is 0 Å². The maximum Gasteiger partial charge on any atom is 0.311 e. The first-order valence-corrected chi connectivity index (χ1v) is 3.92. The van der Waals surface area contributed by atoms with Gasteiger partial charge in [0.1, 0.15) is 5.69 Å². The molecular formula is C6H7FN2O2S. The minimum atomic E-state index is -0.530. The van der Waals surface area contributed by atoms with E-state index in [1.54, 1.807) is 0 Å². The average Bonchev–Trinajstić information content (AvgIpc) is 2.30. The number of esters is 1. The molecule has 0 radical (unpaired) electrons. The Hall–Kier alpha value is -1.17. The molecule has 2 N–H and O–H groups in total. The third-order valence-electron chi connectivity index (χ3n) is 1.21. The molecule has 0 aliphatic heterocycles. The lowest BCUT2D eigenvalue weighted by Gasteiger charge is -1.93. The van der Waals surface area contributed by atoms with Crippen molar-refractivity contribution in [2.45, 2.75) is 6.42 Å². The van der Waals surface area contributed by atoms with E-state index >= 15 is 0 Å². The van der Waals surface area contributed by atoms with Gasteiger partial charge in [-0.15, -0.1) is 0 Å².